The molecule has 4 N–H and O–H groups in total. The van der Waals surface area contributed by atoms with Crippen LogP contribution in [0.4, 0.5) is 5.82 Å². The van der Waals surface area contributed by atoms with Crippen molar-refractivity contribution in [1.29, 1.82) is 0 Å². The van der Waals surface area contributed by atoms with Gasteiger partial charge in [-0.05, 0) is 55.7 Å². The molecule has 3 heterocycles. The minimum Gasteiger partial charge on any atom is -0.366 e. The van der Waals surface area contributed by atoms with Gasteiger partial charge < -0.3 is 16.4 Å². The van der Waals surface area contributed by atoms with E-state index in [0.717, 1.165) is 52.9 Å². The van der Waals surface area contributed by atoms with Crippen molar-refractivity contribution in [3.05, 3.63) is 89.2 Å². The summed E-state index contributed by atoms with van der Waals surface area (Å²) in [6.45, 7) is 7.77. The molecule has 8 heteroatoms. The number of aromatic nitrogens is 4. The van der Waals surface area contributed by atoms with Crippen LogP contribution >= 0.6 is 0 Å². The van der Waals surface area contributed by atoms with Crippen LogP contribution in [0.2, 0.25) is 0 Å². The summed E-state index contributed by atoms with van der Waals surface area (Å²) in [6, 6.07) is 22.4. The zero-order chi connectivity index (χ0) is 26.6. The van der Waals surface area contributed by atoms with Crippen LogP contribution < -0.4 is 16.4 Å². The van der Waals surface area contributed by atoms with Gasteiger partial charge in [0, 0.05) is 35.8 Å². The number of rotatable bonds is 11. The first-order chi connectivity index (χ1) is 18.5. The highest BCUT2D eigenvalue weighted by molar-refractivity contribution is 6.06. The maximum atomic E-state index is 12.1. The molecule has 0 bridgehead atoms. The van der Waals surface area contributed by atoms with E-state index in [-0.39, 0.29) is 0 Å². The number of nitrogens with two attached hydrogens (primary N) is 1. The lowest BCUT2D eigenvalue weighted by molar-refractivity contribution is 0.100. The summed E-state index contributed by atoms with van der Waals surface area (Å²) in [4.78, 5) is 17.1. The molecule has 0 saturated carbocycles. The van der Waals surface area contributed by atoms with Crippen molar-refractivity contribution >= 4 is 28.1 Å². The van der Waals surface area contributed by atoms with Gasteiger partial charge in [0.25, 0.3) is 5.95 Å². The molecule has 0 fully saturated rings. The first kappa shape index (κ1) is 25.5. The average molecular weight is 510 g/mol. The van der Waals surface area contributed by atoms with Gasteiger partial charge in [0.1, 0.15) is 5.52 Å². The number of nitrogens with one attached hydrogen (secondary N) is 2. The van der Waals surface area contributed by atoms with E-state index in [2.05, 4.69) is 48.7 Å². The Bertz CT molecular complexity index is 1570. The fraction of sp³-hybridized carbons (Fsp3) is 0.300. The van der Waals surface area contributed by atoms with Crippen LogP contribution in [0.15, 0.2) is 66.7 Å². The van der Waals surface area contributed by atoms with Crippen LogP contribution in [0.25, 0.3) is 22.4 Å². The van der Waals surface area contributed by atoms with E-state index in [4.69, 9.17) is 15.8 Å². The number of carbonyl (C=O) groups is 1. The maximum absolute atomic E-state index is 12.1. The Balaban J connectivity index is 1.61. The monoisotopic (exact) mass is 509 g/mol. The van der Waals surface area contributed by atoms with E-state index in [1.54, 1.807) is 6.07 Å². The molecule has 2 aromatic carbocycles. The molecule has 5 aromatic rings. The van der Waals surface area contributed by atoms with E-state index in [1.165, 1.54) is 5.56 Å². The van der Waals surface area contributed by atoms with E-state index >= 15 is 0 Å². The Kier molecular flexibility index (Phi) is 7.42. The van der Waals surface area contributed by atoms with Gasteiger partial charge in [-0.1, -0.05) is 56.7 Å². The molecule has 0 aliphatic heterocycles. The van der Waals surface area contributed by atoms with Crippen LogP contribution in [0, 0.1) is 6.92 Å². The molecule has 0 radical (unpaired) electrons. The average Bonchev–Trinajstić information content (AvgIpc) is 3.49. The topological polar surface area (TPSA) is 102 Å². The van der Waals surface area contributed by atoms with Crippen LogP contribution in [0.3, 0.4) is 0 Å². The lowest BCUT2D eigenvalue weighted by Gasteiger charge is -2.17. The largest absolute Gasteiger partial charge is 0.366 e. The molecule has 1 atom stereocenters. The number of aryl methyl sites for hydroxylation is 1. The standard InChI is InChI=1S/C30H35N7O/c1-4-10-22(5-2)32-19-23-15-16-27-29(33-18-21-11-7-6-8-12-21)34-30(35-37(23)27)36-20(3)17-25-24(28(31)38)13-9-14-26(25)36/h6-9,11-17,22,32H,4-5,10,18-19H2,1-3H3,(H2,31,38)(H,33,34,35). The summed E-state index contributed by atoms with van der Waals surface area (Å²) >= 11 is 0. The number of carbonyl (C=O) groups excluding carboxylic acids is 1. The third-order valence-electron chi connectivity index (χ3n) is 7.08. The van der Waals surface area contributed by atoms with Crippen molar-refractivity contribution in [3.63, 3.8) is 0 Å². The van der Waals surface area contributed by atoms with E-state index < -0.39 is 5.91 Å². The molecule has 1 unspecified atom stereocenters. The number of amides is 1. The normalized spacial score (nSPS) is 12.3. The van der Waals surface area contributed by atoms with Gasteiger partial charge in [-0.3, -0.25) is 9.36 Å². The van der Waals surface area contributed by atoms with E-state index in [9.17, 15) is 4.79 Å². The first-order valence-corrected chi connectivity index (χ1v) is 13.3. The fourth-order valence-electron chi connectivity index (χ4n) is 5.07. The van der Waals surface area contributed by atoms with Gasteiger partial charge >= 0.3 is 0 Å². The molecule has 0 saturated heterocycles. The Hall–Kier alpha value is -4.17. The third kappa shape index (κ3) is 4.99. The van der Waals surface area contributed by atoms with Gasteiger partial charge in [-0.25, -0.2) is 4.52 Å². The van der Waals surface area contributed by atoms with Gasteiger partial charge in [0.15, 0.2) is 5.82 Å². The zero-order valence-corrected chi connectivity index (χ0v) is 22.2. The van der Waals surface area contributed by atoms with Crippen LogP contribution in [0.1, 0.15) is 60.4 Å². The summed E-state index contributed by atoms with van der Waals surface area (Å²) < 4.78 is 3.96. The number of nitrogens with zero attached hydrogens (tertiary/aromatic N) is 4. The molecule has 0 spiro atoms. The fourth-order valence-corrected chi connectivity index (χ4v) is 5.07. The van der Waals surface area contributed by atoms with Gasteiger partial charge in [-0.15, -0.1) is 5.10 Å². The molecule has 0 aliphatic carbocycles. The second-order valence-electron chi connectivity index (χ2n) is 9.72. The number of hydrogen-bond acceptors (Lipinski definition) is 5. The summed E-state index contributed by atoms with van der Waals surface area (Å²) in [5.74, 6) is 0.823. The molecular weight excluding hydrogens is 474 g/mol. The van der Waals surface area contributed by atoms with Crippen molar-refractivity contribution in [2.24, 2.45) is 5.73 Å². The van der Waals surface area contributed by atoms with Crippen molar-refractivity contribution in [2.45, 2.75) is 59.2 Å². The second-order valence-corrected chi connectivity index (χ2v) is 9.72. The Labute approximate surface area is 222 Å². The van der Waals surface area contributed by atoms with Crippen LogP contribution in [0.5, 0.6) is 0 Å². The molecule has 1 amide bonds. The molecule has 3 aromatic heterocycles. The number of benzene rings is 2. The van der Waals surface area contributed by atoms with Crippen molar-refractivity contribution in [1.82, 2.24) is 24.5 Å². The second kappa shape index (κ2) is 11.1. The highest BCUT2D eigenvalue weighted by atomic mass is 16.1. The quantitative estimate of drug-likeness (QED) is 0.222. The summed E-state index contributed by atoms with van der Waals surface area (Å²) in [5, 5.41) is 13.0. The van der Waals surface area contributed by atoms with Gasteiger partial charge in [-0.2, -0.15) is 4.98 Å². The zero-order valence-electron chi connectivity index (χ0n) is 22.2. The predicted molar refractivity (Wildman–Crippen MR) is 153 cm³/mol. The predicted octanol–water partition coefficient (Wildman–Crippen LogP) is 5.36. The molecule has 0 aliphatic rings. The summed E-state index contributed by atoms with van der Waals surface area (Å²) in [5.41, 5.74) is 11.1. The van der Waals surface area contributed by atoms with E-state index in [1.807, 2.05) is 52.4 Å². The molecular formula is C30H35N7O. The number of anilines is 1. The number of primary amides is 1. The number of fused-ring (bicyclic) bond motifs is 2. The Morgan fingerprint density at radius 3 is 2.55 bits per heavy atom. The lowest BCUT2D eigenvalue weighted by atomic mass is 10.1. The molecule has 196 valence electrons. The lowest BCUT2D eigenvalue weighted by Crippen LogP contribution is -2.28. The van der Waals surface area contributed by atoms with Crippen molar-refractivity contribution in [3.8, 4) is 5.95 Å². The van der Waals surface area contributed by atoms with Crippen molar-refractivity contribution in [2.75, 3.05) is 5.32 Å². The minimum atomic E-state index is -0.453. The first-order valence-electron chi connectivity index (χ1n) is 13.3. The molecule has 8 nitrogen and oxygen atoms in total. The minimum absolute atomic E-state index is 0.453. The third-order valence-corrected chi connectivity index (χ3v) is 7.08. The highest BCUT2D eigenvalue weighted by Gasteiger charge is 2.18. The van der Waals surface area contributed by atoms with Crippen LogP contribution in [-0.4, -0.2) is 31.1 Å². The summed E-state index contributed by atoms with van der Waals surface area (Å²) in [7, 11) is 0. The summed E-state index contributed by atoms with van der Waals surface area (Å²) in [6.07, 6.45) is 3.37. The highest BCUT2D eigenvalue weighted by Crippen LogP contribution is 2.27. The van der Waals surface area contributed by atoms with Gasteiger partial charge in [0.05, 0.1) is 11.2 Å². The van der Waals surface area contributed by atoms with E-state index in [0.29, 0.717) is 30.6 Å². The SMILES string of the molecule is CCCC(CC)NCc1ccc2c(NCc3ccccc3)nc(-n3c(C)cc4c(C(N)=O)cccc43)nn12. The molecule has 5 rings (SSSR count). The van der Waals surface area contributed by atoms with Crippen molar-refractivity contribution < 1.29 is 4.79 Å². The molecule has 38 heavy (non-hydrogen) atoms. The maximum Gasteiger partial charge on any atom is 0.254 e. The Morgan fingerprint density at radius 1 is 1.00 bits per heavy atom. The Morgan fingerprint density at radius 2 is 1.82 bits per heavy atom. The van der Waals surface area contributed by atoms with Gasteiger partial charge in [0.2, 0.25) is 5.91 Å². The number of hydrogen-bond donors (Lipinski definition) is 3. The van der Waals surface area contributed by atoms with Crippen LogP contribution in [-0.2, 0) is 13.1 Å². The smallest absolute Gasteiger partial charge is 0.254 e.